The van der Waals surface area contributed by atoms with Gasteiger partial charge in [0.15, 0.2) is 0 Å². The number of piperidine rings is 1. The molecular weight excluding hydrogens is 673 g/mol. The minimum atomic E-state index is -3.93. The smallest absolute Gasteiger partial charge is 0.407 e. The molecule has 0 spiro atoms. The molecule has 1 aliphatic carbocycles. The van der Waals surface area contributed by atoms with Crippen LogP contribution in [0.3, 0.4) is 0 Å². The van der Waals surface area contributed by atoms with Gasteiger partial charge in [0.25, 0.3) is 0 Å². The van der Waals surface area contributed by atoms with Crippen molar-refractivity contribution in [1.82, 2.24) is 14.2 Å². The van der Waals surface area contributed by atoms with Gasteiger partial charge in [-0.1, -0.05) is 18.2 Å². The summed E-state index contributed by atoms with van der Waals surface area (Å²) in [6.07, 6.45) is 0.291. The van der Waals surface area contributed by atoms with Crippen molar-refractivity contribution in [3.05, 3.63) is 66.0 Å². The van der Waals surface area contributed by atoms with Crippen molar-refractivity contribution in [2.75, 3.05) is 56.5 Å². The predicted molar refractivity (Wildman–Crippen MR) is 203 cm³/mol. The first-order chi connectivity index (χ1) is 24.1. The Hall–Kier alpha value is -3.87. The predicted octanol–water partition coefficient (Wildman–Crippen LogP) is 6.02. The molecule has 1 saturated heterocycles. The van der Waals surface area contributed by atoms with Crippen LogP contribution in [0.2, 0.25) is 0 Å². The van der Waals surface area contributed by atoms with Gasteiger partial charge < -0.3 is 19.4 Å². The van der Waals surface area contributed by atoms with E-state index >= 15 is 0 Å². The second kappa shape index (κ2) is 16.9. The Morgan fingerprint density at radius 1 is 0.960 bits per heavy atom. The number of ether oxygens (including phenoxy) is 1. The summed E-state index contributed by atoms with van der Waals surface area (Å²) >= 11 is 4.06. The normalized spacial score (nSPS) is 14.2. The molecule has 1 amide bonds. The molecule has 2 aromatic rings. The Bertz CT molecular complexity index is 1960. The number of benzene rings is 3. The van der Waals surface area contributed by atoms with Gasteiger partial charge in [-0.05, 0) is 70.6 Å². The van der Waals surface area contributed by atoms with E-state index in [1.54, 1.807) is 12.1 Å². The molecule has 0 saturated carbocycles. The van der Waals surface area contributed by atoms with E-state index < -0.39 is 22.2 Å². The average Bonchev–Trinajstić information content (AvgIpc) is 3.12. The first kappa shape index (κ1) is 37.4. The highest BCUT2D eigenvalue weighted by Crippen LogP contribution is 2.43. The lowest BCUT2D eigenvalue weighted by Gasteiger charge is -2.31. The zero-order chi connectivity index (χ0) is 35.8. The van der Waals surface area contributed by atoms with Crippen molar-refractivity contribution in [2.24, 2.45) is 0 Å². The highest BCUT2D eigenvalue weighted by Gasteiger charge is 2.33. The maximum absolute atomic E-state index is 14.4. The monoisotopic (exact) mass is 721 g/mol. The van der Waals surface area contributed by atoms with E-state index in [-0.39, 0.29) is 36.7 Å². The van der Waals surface area contributed by atoms with Gasteiger partial charge in [0, 0.05) is 85.5 Å². The molecule has 268 valence electrons. The van der Waals surface area contributed by atoms with Crippen LogP contribution in [0.15, 0.2) is 70.0 Å². The average molecular weight is 722 g/mol. The first-order valence-corrected chi connectivity index (χ1v) is 19.7. The van der Waals surface area contributed by atoms with Crippen LogP contribution in [0.1, 0.15) is 53.4 Å². The summed E-state index contributed by atoms with van der Waals surface area (Å²) in [7, 11) is -3.93. The third-order valence-corrected chi connectivity index (χ3v) is 11.6. The summed E-state index contributed by atoms with van der Waals surface area (Å²) in [5, 5.41) is 4.49. The molecule has 50 heavy (non-hydrogen) atoms. The Balaban J connectivity index is 1.49. The number of hydrogen-bond acceptors (Lipinski definition) is 8. The number of rotatable bonds is 14. The number of ketones is 1. The molecule has 5 rings (SSSR count). The standard InChI is InChI=1S/C38H48N4O6S2/c1-5-40(6-2)27-13-15-31-34(25-27)48-35-26-28(41(7-3)8-4)14-16-32(35)37(31)33-11-9-10-12-36(33)50(45,46)42-22-18-30(19-23-42)47-38(44)39-21-17-29(43)20-24-49/h9-16,25-26,30H,5-8,17-24H2,1-4H3,(H-,39,44,49)/p+1. The molecule has 1 fully saturated rings. The number of amides is 1. The second-order valence-corrected chi connectivity index (χ2v) is 14.7. The summed E-state index contributed by atoms with van der Waals surface area (Å²) in [5.74, 6) is 1.18. The van der Waals surface area contributed by atoms with Gasteiger partial charge in [-0.25, -0.2) is 17.8 Å². The summed E-state index contributed by atoms with van der Waals surface area (Å²) in [5.41, 5.74) is 3.97. The Morgan fingerprint density at radius 2 is 1.68 bits per heavy atom. The molecule has 0 aromatic heterocycles. The van der Waals surface area contributed by atoms with E-state index in [0.29, 0.717) is 41.9 Å². The lowest BCUT2D eigenvalue weighted by molar-refractivity contribution is -0.118. The molecular formula is C38H49N4O6S2+. The van der Waals surface area contributed by atoms with Crippen LogP contribution in [-0.4, -0.2) is 82.3 Å². The zero-order valence-corrected chi connectivity index (χ0v) is 31.2. The summed E-state index contributed by atoms with van der Waals surface area (Å²) in [4.78, 5) is 26.5. The maximum atomic E-state index is 14.4. The second-order valence-electron chi connectivity index (χ2n) is 12.4. The number of hydrogen-bond donors (Lipinski definition) is 2. The Morgan fingerprint density at radius 3 is 2.36 bits per heavy atom. The van der Waals surface area contributed by atoms with Crippen molar-refractivity contribution in [1.29, 1.82) is 0 Å². The number of Topliss-reactive ketones (excluding diaryl/α,β-unsaturated/α-hetero) is 1. The highest BCUT2D eigenvalue weighted by molar-refractivity contribution is 7.89. The summed E-state index contributed by atoms with van der Waals surface area (Å²) in [6.45, 7) is 12.5. The van der Waals surface area contributed by atoms with Gasteiger partial charge >= 0.3 is 6.09 Å². The number of nitrogens with one attached hydrogen (secondary N) is 1. The number of fused-ring (bicyclic) bond motifs is 2. The number of anilines is 1. The quantitative estimate of drug-likeness (QED) is 0.0931. The van der Waals surface area contributed by atoms with Gasteiger partial charge in [-0.2, -0.15) is 16.9 Å². The van der Waals surface area contributed by atoms with Crippen LogP contribution in [0.4, 0.5) is 10.5 Å². The van der Waals surface area contributed by atoms with Crippen molar-refractivity contribution in [3.8, 4) is 22.5 Å². The van der Waals surface area contributed by atoms with E-state index in [0.717, 1.165) is 53.7 Å². The van der Waals surface area contributed by atoms with Crippen LogP contribution < -0.4 is 20.1 Å². The van der Waals surface area contributed by atoms with Gasteiger partial charge in [0.05, 0.1) is 11.0 Å². The number of carbonyl (C=O) groups excluding carboxylic acids is 2. The number of thiol groups is 1. The molecule has 0 unspecified atom stereocenters. The van der Waals surface area contributed by atoms with Crippen LogP contribution in [-0.2, 0) is 19.6 Å². The fourth-order valence-electron chi connectivity index (χ4n) is 6.70. The summed E-state index contributed by atoms with van der Waals surface area (Å²) < 4.78 is 44.7. The minimum absolute atomic E-state index is 0.0266. The molecule has 12 heteroatoms. The first-order valence-electron chi connectivity index (χ1n) is 17.6. The molecule has 2 aliphatic heterocycles. The Kier molecular flexibility index (Phi) is 12.6. The van der Waals surface area contributed by atoms with Gasteiger partial charge in [-0.3, -0.25) is 4.79 Å². The highest BCUT2D eigenvalue weighted by atomic mass is 32.2. The van der Waals surface area contributed by atoms with Crippen LogP contribution in [0, 0.1) is 0 Å². The maximum Gasteiger partial charge on any atom is 0.407 e. The van der Waals surface area contributed by atoms with E-state index in [9.17, 15) is 18.0 Å². The number of sulfonamides is 1. The number of alkyl carbamates (subject to hydrolysis) is 1. The lowest BCUT2D eigenvalue weighted by Crippen LogP contribution is -2.42. The van der Waals surface area contributed by atoms with E-state index in [1.165, 1.54) is 4.31 Å². The van der Waals surface area contributed by atoms with Gasteiger partial charge in [-0.15, -0.1) is 0 Å². The van der Waals surface area contributed by atoms with Gasteiger partial charge in [0.1, 0.15) is 36.3 Å². The number of carbonyl (C=O) groups is 2. The number of nitrogens with zero attached hydrogens (tertiary/aromatic N) is 3. The Labute approximate surface area is 300 Å². The van der Waals surface area contributed by atoms with Crippen LogP contribution in [0.25, 0.3) is 33.4 Å². The largest absolute Gasteiger partial charge is 0.456 e. The molecule has 0 bridgehead atoms. The van der Waals surface area contributed by atoms with Crippen LogP contribution in [0.5, 0.6) is 0 Å². The summed E-state index contributed by atoms with van der Waals surface area (Å²) in [6, 6.07) is 19.5. The van der Waals surface area contributed by atoms with E-state index in [2.05, 4.69) is 67.2 Å². The fourth-order valence-corrected chi connectivity index (χ4v) is 8.62. The molecule has 2 aromatic carbocycles. The molecule has 10 nitrogen and oxygen atoms in total. The van der Waals surface area contributed by atoms with Gasteiger partial charge in [0.2, 0.25) is 15.4 Å². The minimum Gasteiger partial charge on any atom is -0.456 e. The third-order valence-electron chi connectivity index (χ3n) is 9.46. The molecule has 0 atom stereocenters. The SMILES string of the molecule is CCN(CC)c1ccc2c(-c3ccccc3S(=O)(=O)N3CCC(OC(=O)NCCC(=O)CCS)CC3)c3ccc(=[N+](CC)CC)cc-3oc2c1. The van der Waals surface area contributed by atoms with Crippen molar-refractivity contribution in [3.63, 3.8) is 0 Å². The van der Waals surface area contributed by atoms with E-state index in [4.69, 9.17) is 9.15 Å². The van der Waals surface area contributed by atoms with Crippen molar-refractivity contribution < 1.29 is 27.2 Å². The third kappa shape index (κ3) is 8.19. The van der Waals surface area contributed by atoms with Crippen molar-refractivity contribution >= 4 is 51.2 Å². The zero-order valence-electron chi connectivity index (χ0n) is 29.5. The molecule has 2 heterocycles. The molecule has 3 aliphatic rings. The lowest BCUT2D eigenvalue weighted by atomic mass is 9.93. The molecule has 0 radical (unpaired) electrons. The van der Waals surface area contributed by atoms with Crippen molar-refractivity contribution in [2.45, 2.75) is 64.4 Å². The molecule has 1 N–H and O–H groups in total. The fraction of sp³-hybridized carbons (Fsp3) is 0.447. The van der Waals surface area contributed by atoms with Crippen LogP contribution >= 0.6 is 12.6 Å². The van der Waals surface area contributed by atoms with E-state index in [1.807, 2.05) is 36.4 Å². The topological polar surface area (TPSA) is 112 Å².